The fourth-order valence-corrected chi connectivity index (χ4v) is 2.42. The second-order valence-electron chi connectivity index (χ2n) is 5.62. The number of hydrogen-bond acceptors (Lipinski definition) is 2. The molecule has 0 unspecified atom stereocenters. The minimum absolute atomic E-state index is 0. The Morgan fingerprint density at radius 3 is 2.59 bits per heavy atom. The first-order chi connectivity index (χ1) is 12.5. The number of aliphatic imine (C=N–C) groups is 1. The topological polar surface area (TPSA) is 65.5 Å². The molecule has 0 aliphatic rings. The van der Waals surface area contributed by atoms with E-state index in [-0.39, 0.29) is 42.0 Å². The molecule has 5 nitrogen and oxygen atoms in total. The van der Waals surface area contributed by atoms with Crippen molar-refractivity contribution >= 4 is 35.8 Å². The van der Waals surface area contributed by atoms with Gasteiger partial charge in [-0.3, -0.25) is 9.79 Å². The highest BCUT2D eigenvalue weighted by Crippen LogP contribution is 2.09. The molecule has 3 N–H and O–H groups in total. The average molecular weight is 488 g/mol. The summed E-state index contributed by atoms with van der Waals surface area (Å²) in [6.45, 7) is 0.692. The van der Waals surface area contributed by atoms with Gasteiger partial charge in [0.05, 0.1) is 0 Å². The molecular weight excluding hydrogens is 465 g/mol. The molecule has 0 saturated heterocycles. The van der Waals surface area contributed by atoms with Crippen molar-refractivity contribution in [3.63, 3.8) is 0 Å². The van der Waals surface area contributed by atoms with Gasteiger partial charge < -0.3 is 16.0 Å². The summed E-state index contributed by atoms with van der Waals surface area (Å²) in [6, 6.07) is 10.7. The highest BCUT2D eigenvalue weighted by Gasteiger charge is 2.06. The van der Waals surface area contributed by atoms with E-state index in [9.17, 15) is 13.6 Å². The quantitative estimate of drug-likeness (QED) is 0.333. The van der Waals surface area contributed by atoms with E-state index in [0.29, 0.717) is 24.5 Å². The lowest BCUT2D eigenvalue weighted by molar-refractivity contribution is 0.0963. The minimum atomic E-state index is -0.484. The summed E-state index contributed by atoms with van der Waals surface area (Å²) in [5, 5.41) is 8.65. The second-order valence-corrected chi connectivity index (χ2v) is 5.62. The maximum Gasteiger partial charge on any atom is 0.251 e. The Kier molecular flexibility index (Phi) is 9.70. The number of nitrogens with one attached hydrogen (secondary N) is 3. The van der Waals surface area contributed by atoms with Gasteiger partial charge in [-0.2, -0.15) is 0 Å². The van der Waals surface area contributed by atoms with Gasteiger partial charge in [0.25, 0.3) is 5.91 Å². The van der Waals surface area contributed by atoms with Crippen LogP contribution < -0.4 is 16.0 Å². The van der Waals surface area contributed by atoms with Crippen LogP contribution >= 0.6 is 24.0 Å². The van der Waals surface area contributed by atoms with Crippen LogP contribution in [0, 0.1) is 11.6 Å². The third kappa shape index (κ3) is 7.12. The molecule has 146 valence electrons. The third-order valence-corrected chi connectivity index (χ3v) is 3.80. The number of carbonyl (C=O) groups is 1. The molecule has 0 radical (unpaired) electrons. The van der Waals surface area contributed by atoms with Crippen LogP contribution in [0.25, 0.3) is 0 Å². The molecule has 0 bridgehead atoms. The van der Waals surface area contributed by atoms with Crippen molar-refractivity contribution in [1.82, 2.24) is 16.0 Å². The van der Waals surface area contributed by atoms with E-state index in [1.54, 1.807) is 20.2 Å². The number of guanidine groups is 1. The molecule has 8 heteroatoms. The van der Waals surface area contributed by atoms with Gasteiger partial charge >= 0.3 is 0 Å². The molecule has 0 aliphatic heterocycles. The molecule has 0 fully saturated rings. The molecule has 0 aromatic heterocycles. The molecule has 2 aromatic carbocycles. The largest absolute Gasteiger partial charge is 0.356 e. The molecule has 0 saturated carbocycles. The fourth-order valence-electron chi connectivity index (χ4n) is 2.42. The summed E-state index contributed by atoms with van der Waals surface area (Å²) in [4.78, 5) is 15.7. The molecule has 2 rings (SSSR count). The Morgan fingerprint density at radius 2 is 1.89 bits per heavy atom. The van der Waals surface area contributed by atoms with Crippen molar-refractivity contribution in [3.05, 3.63) is 70.8 Å². The Labute approximate surface area is 174 Å². The highest BCUT2D eigenvalue weighted by molar-refractivity contribution is 14.0. The van der Waals surface area contributed by atoms with Crippen molar-refractivity contribution in [2.75, 3.05) is 20.6 Å². The van der Waals surface area contributed by atoms with E-state index in [1.165, 1.54) is 0 Å². The lowest BCUT2D eigenvalue weighted by Crippen LogP contribution is -2.38. The van der Waals surface area contributed by atoms with Crippen LogP contribution in [0.5, 0.6) is 0 Å². The zero-order valence-electron chi connectivity index (χ0n) is 15.2. The summed E-state index contributed by atoms with van der Waals surface area (Å²) in [7, 11) is 3.19. The maximum atomic E-state index is 13.6. The van der Waals surface area contributed by atoms with Gasteiger partial charge in [-0.25, -0.2) is 8.78 Å². The van der Waals surface area contributed by atoms with E-state index in [4.69, 9.17) is 0 Å². The number of nitrogens with zero attached hydrogens (tertiary/aromatic N) is 1. The van der Waals surface area contributed by atoms with Crippen LogP contribution in [0.4, 0.5) is 8.78 Å². The van der Waals surface area contributed by atoms with Crippen LogP contribution in [0.15, 0.2) is 47.5 Å². The Balaban J connectivity index is 0.00000364. The summed E-state index contributed by atoms with van der Waals surface area (Å²) < 4.78 is 26.8. The number of amides is 1. The lowest BCUT2D eigenvalue weighted by Gasteiger charge is -2.12. The number of carbonyl (C=O) groups excluding carboxylic acids is 1. The van der Waals surface area contributed by atoms with Crippen LogP contribution in [0.2, 0.25) is 0 Å². The normalized spacial score (nSPS) is 10.7. The van der Waals surface area contributed by atoms with Crippen LogP contribution in [-0.2, 0) is 13.0 Å². The maximum absolute atomic E-state index is 13.6. The molecule has 2 aromatic rings. The van der Waals surface area contributed by atoms with E-state index >= 15 is 0 Å². The average Bonchev–Trinajstić information content (AvgIpc) is 2.66. The Bertz CT molecular complexity index is 799. The smallest absolute Gasteiger partial charge is 0.251 e. The van der Waals surface area contributed by atoms with Gasteiger partial charge in [-0.05, 0) is 42.3 Å². The number of rotatable bonds is 6. The molecule has 1 amide bonds. The summed E-state index contributed by atoms with van der Waals surface area (Å²) in [6.07, 6.45) is 0.680. The number of benzene rings is 2. The zero-order chi connectivity index (χ0) is 18.9. The monoisotopic (exact) mass is 488 g/mol. The van der Waals surface area contributed by atoms with Crippen LogP contribution in [-0.4, -0.2) is 32.5 Å². The SMILES string of the molecule is CN=C(NCCc1cccc(C(=O)NC)c1)NCc1cc(F)ccc1F.I. The summed E-state index contributed by atoms with van der Waals surface area (Å²) >= 11 is 0. The third-order valence-electron chi connectivity index (χ3n) is 3.80. The van der Waals surface area contributed by atoms with Crippen molar-refractivity contribution in [1.29, 1.82) is 0 Å². The van der Waals surface area contributed by atoms with Gasteiger partial charge in [-0.1, -0.05) is 12.1 Å². The van der Waals surface area contributed by atoms with Gasteiger partial charge in [0.15, 0.2) is 5.96 Å². The molecule has 0 atom stereocenters. The van der Waals surface area contributed by atoms with Crippen molar-refractivity contribution in [2.45, 2.75) is 13.0 Å². The zero-order valence-corrected chi connectivity index (χ0v) is 17.5. The van der Waals surface area contributed by atoms with Crippen molar-refractivity contribution in [3.8, 4) is 0 Å². The molecule has 0 spiro atoms. The molecule has 0 aliphatic carbocycles. The van der Waals surface area contributed by atoms with Crippen LogP contribution in [0.3, 0.4) is 0 Å². The number of halogens is 3. The lowest BCUT2D eigenvalue weighted by atomic mass is 10.1. The minimum Gasteiger partial charge on any atom is -0.356 e. The summed E-state index contributed by atoms with van der Waals surface area (Å²) in [5.74, 6) is -0.604. The van der Waals surface area contributed by atoms with E-state index < -0.39 is 11.6 Å². The first-order valence-electron chi connectivity index (χ1n) is 8.23. The molecule has 0 heterocycles. The Morgan fingerprint density at radius 1 is 1.11 bits per heavy atom. The van der Waals surface area contributed by atoms with Crippen LogP contribution in [0.1, 0.15) is 21.5 Å². The van der Waals surface area contributed by atoms with Gasteiger partial charge in [0, 0.05) is 38.3 Å². The van der Waals surface area contributed by atoms with E-state index in [2.05, 4.69) is 20.9 Å². The van der Waals surface area contributed by atoms with Gasteiger partial charge in [-0.15, -0.1) is 24.0 Å². The van der Waals surface area contributed by atoms with Crippen molar-refractivity contribution < 1.29 is 13.6 Å². The molecule has 27 heavy (non-hydrogen) atoms. The first-order valence-corrected chi connectivity index (χ1v) is 8.23. The Hall–Kier alpha value is -2.23. The predicted molar refractivity (Wildman–Crippen MR) is 114 cm³/mol. The fraction of sp³-hybridized carbons (Fsp3) is 0.263. The predicted octanol–water partition coefficient (Wildman–Crippen LogP) is 2.85. The van der Waals surface area contributed by atoms with Gasteiger partial charge in [0.1, 0.15) is 11.6 Å². The standard InChI is InChI=1S/C19H22F2N4O.HI/c1-22-18(26)14-5-3-4-13(10-14)8-9-24-19(23-2)25-12-15-11-16(20)6-7-17(15)21;/h3-7,10-11H,8-9,12H2,1-2H3,(H,22,26)(H2,23,24,25);1H. The van der Waals surface area contributed by atoms with Crippen molar-refractivity contribution in [2.24, 2.45) is 4.99 Å². The molecular formula is C19H23F2IN4O. The number of hydrogen-bond donors (Lipinski definition) is 3. The van der Waals surface area contributed by atoms with E-state index in [0.717, 1.165) is 23.8 Å². The van der Waals surface area contributed by atoms with Gasteiger partial charge in [0.2, 0.25) is 0 Å². The first kappa shape index (κ1) is 22.8. The summed E-state index contributed by atoms with van der Waals surface area (Å²) in [5.41, 5.74) is 1.84. The second kappa shape index (κ2) is 11.5. The van der Waals surface area contributed by atoms with E-state index in [1.807, 2.05) is 18.2 Å². The highest BCUT2D eigenvalue weighted by atomic mass is 127.